The molecular weight excluding hydrogens is 345 g/mol. The first kappa shape index (κ1) is 18.6. The number of imide groups is 1. The maximum Gasteiger partial charge on any atom is 0.434 e. The second-order valence-corrected chi connectivity index (χ2v) is 5.54. The summed E-state index contributed by atoms with van der Waals surface area (Å²) in [4.78, 5) is 43.2. The number of nitrogens with one attached hydrogen (secondary N) is 1. The maximum absolute atomic E-state index is 13.3. The molecule has 8 nitrogen and oxygen atoms in total. The number of hydrogen-bond donors (Lipinski definition) is 1. The van der Waals surface area contributed by atoms with E-state index in [1.165, 1.54) is 20.9 Å². The number of nitrogens with zero attached hydrogens (tertiary/aromatic N) is 3. The number of aromatic nitrogens is 2. The lowest BCUT2D eigenvalue weighted by Gasteiger charge is -2.32. The van der Waals surface area contributed by atoms with E-state index in [1.54, 1.807) is 0 Å². The lowest BCUT2D eigenvalue weighted by molar-refractivity contribution is -0.141. The van der Waals surface area contributed by atoms with Gasteiger partial charge < -0.3 is 9.64 Å². The summed E-state index contributed by atoms with van der Waals surface area (Å²) in [7, 11) is 1.29. The highest BCUT2D eigenvalue weighted by molar-refractivity contribution is 6.09. The van der Waals surface area contributed by atoms with Crippen molar-refractivity contribution in [3.8, 4) is 0 Å². The molecule has 0 saturated carbocycles. The van der Waals surface area contributed by atoms with E-state index < -0.39 is 46.7 Å². The van der Waals surface area contributed by atoms with Crippen LogP contribution in [0.1, 0.15) is 36.3 Å². The summed E-state index contributed by atoms with van der Waals surface area (Å²) in [6.45, 7) is 2.71. The van der Waals surface area contributed by atoms with Crippen LogP contribution in [0, 0.1) is 0 Å². The van der Waals surface area contributed by atoms with Crippen LogP contribution in [0.2, 0.25) is 0 Å². The van der Waals surface area contributed by atoms with Crippen molar-refractivity contribution in [1.29, 1.82) is 0 Å². The predicted octanol–water partition coefficient (Wildman–Crippen LogP) is 0.913. The van der Waals surface area contributed by atoms with Crippen LogP contribution in [-0.4, -0.2) is 46.9 Å². The van der Waals surface area contributed by atoms with Gasteiger partial charge in [-0.15, -0.1) is 0 Å². The van der Waals surface area contributed by atoms with Gasteiger partial charge >= 0.3 is 12.1 Å². The van der Waals surface area contributed by atoms with Crippen molar-refractivity contribution in [2.75, 3.05) is 18.6 Å². The molecule has 1 saturated heterocycles. The average Bonchev–Trinajstić information content (AvgIpc) is 2.78. The number of ether oxygens (including phenoxy) is 1. The molecule has 2 amide bonds. The molecule has 25 heavy (non-hydrogen) atoms. The number of alkyl halides is 3. The molecule has 1 aliphatic heterocycles. The smallest absolute Gasteiger partial charge is 0.434 e. The lowest BCUT2D eigenvalue weighted by Crippen LogP contribution is -2.50. The topological polar surface area (TPSA) is 101 Å². The van der Waals surface area contributed by atoms with E-state index in [9.17, 15) is 27.6 Å². The molecule has 1 aromatic rings. The standard InChI is InChI=1S/C14H15F3N4O4/c1-4-25-10(23)7-6-18-12(20-9(7)14(15,16)17)21(3)13(2)5-8(22)19-11(13)24/h6H,4-5H2,1-3H3,(H,19,22,24). The Bertz CT molecular complexity index is 737. The maximum atomic E-state index is 13.3. The van der Waals surface area contributed by atoms with Crippen molar-refractivity contribution in [2.45, 2.75) is 32.0 Å². The highest BCUT2D eigenvalue weighted by Crippen LogP contribution is 2.33. The van der Waals surface area contributed by atoms with E-state index in [4.69, 9.17) is 0 Å². The summed E-state index contributed by atoms with van der Waals surface area (Å²) in [5, 5.41) is 2.08. The number of likely N-dealkylation sites (N-methyl/N-ethyl adjacent to an activating group) is 1. The fraction of sp³-hybridized carbons (Fsp3) is 0.500. The largest absolute Gasteiger partial charge is 0.462 e. The second-order valence-electron chi connectivity index (χ2n) is 5.54. The fourth-order valence-electron chi connectivity index (χ4n) is 2.30. The van der Waals surface area contributed by atoms with Crippen LogP contribution < -0.4 is 10.2 Å². The molecule has 136 valence electrons. The van der Waals surface area contributed by atoms with Crippen molar-refractivity contribution in [3.05, 3.63) is 17.5 Å². The molecule has 2 heterocycles. The molecule has 2 rings (SSSR count). The van der Waals surface area contributed by atoms with Gasteiger partial charge in [0.25, 0.3) is 5.91 Å². The Hall–Kier alpha value is -2.72. The summed E-state index contributed by atoms with van der Waals surface area (Å²) in [5.74, 6) is -2.89. The first-order valence-corrected chi connectivity index (χ1v) is 7.20. The Morgan fingerprint density at radius 2 is 2.08 bits per heavy atom. The number of amides is 2. The first-order valence-electron chi connectivity index (χ1n) is 7.20. The lowest BCUT2D eigenvalue weighted by atomic mass is 9.99. The highest BCUT2D eigenvalue weighted by atomic mass is 19.4. The number of halogens is 3. The summed E-state index contributed by atoms with van der Waals surface area (Å²) in [6, 6.07) is 0. The van der Waals surface area contributed by atoms with E-state index in [0.29, 0.717) is 6.20 Å². The van der Waals surface area contributed by atoms with Gasteiger partial charge in [-0.25, -0.2) is 14.8 Å². The van der Waals surface area contributed by atoms with E-state index in [0.717, 1.165) is 4.90 Å². The van der Waals surface area contributed by atoms with Gasteiger partial charge in [-0.2, -0.15) is 13.2 Å². The van der Waals surface area contributed by atoms with Crippen molar-refractivity contribution in [2.24, 2.45) is 0 Å². The number of carbonyl (C=O) groups is 3. The molecular formula is C14H15F3N4O4. The third-order valence-corrected chi connectivity index (χ3v) is 3.83. The number of rotatable bonds is 4. The average molecular weight is 360 g/mol. The zero-order valence-electron chi connectivity index (χ0n) is 13.6. The molecule has 11 heteroatoms. The van der Waals surface area contributed by atoms with Crippen molar-refractivity contribution < 1.29 is 32.3 Å². The zero-order chi connectivity index (χ0) is 19.0. The number of esters is 1. The van der Waals surface area contributed by atoms with Crippen LogP contribution in [0.25, 0.3) is 0 Å². The third kappa shape index (κ3) is 3.39. The zero-order valence-corrected chi connectivity index (χ0v) is 13.6. The molecule has 1 unspecified atom stereocenters. The molecule has 1 atom stereocenters. The fourth-order valence-corrected chi connectivity index (χ4v) is 2.30. The normalized spacial score (nSPS) is 20.4. The molecule has 1 aromatic heterocycles. The molecule has 1 aliphatic rings. The highest BCUT2D eigenvalue weighted by Gasteiger charge is 2.47. The van der Waals surface area contributed by atoms with Crippen LogP contribution in [0.5, 0.6) is 0 Å². The molecule has 1 fully saturated rings. The second kappa shape index (κ2) is 6.30. The summed E-state index contributed by atoms with van der Waals surface area (Å²) in [6.07, 6.45) is -4.50. The van der Waals surface area contributed by atoms with Crippen LogP contribution >= 0.6 is 0 Å². The van der Waals surface area contributed by atoms with Gasteiger partial charge in [0.2, 0.25) is 11.9 Å². The van der Waals surface area contributed by atoms with Crippen LogP contribution in [0.4, 0.5) is 19.1 Å². The first-order chi connectivity index (χ1) is 11.5. The van der Waals surface area contributed by atoms with Crippen molar-refractivity contribution in [1.82, 2.24) is 15.3 Å². The van der Waals surface area contributed by atoms with Gasteiger partial charge in [0.1, 0.15) is 11.1 Å². The molecule has 1 N–H and O–H groups in total. The van der Waals surface area contributed by atoms with Crippen molar-refractivity contribution >= 4 is 23.7 Å². The van der Waals surface area contributed by atoms with E-state index >= 15 is 0 Å². The molecule has 0 bridgehead atoms. The Labute approximate surface area is 140 Å². The Kier molecular flexibility index (Phi) is 4.69. The van der Waals surface area contributed by atoms with Crippen LogP contribution in [-0.2, 0) is 20.5 Å². The Morgan fingerprint density at radius 3 is 2.56 bits per heavy atom. The van der Waals surface area contributed by atoms with Gasteiger partial charge in [0, 0.05) is 13.2 Å². The van der Waals surface area contributed by atoms with E-state index in [1.807, 2.05) is 0 Å². The van der Waals surface area contributed by atoms with Gasteiger partial charge in [0.05, 0.1) is 13.0 Å². The summed E-state index contributed by atoms with van der Waals surface area (Å²) in [5.41, 5.74) is -3.74. The summed E-state index contributed by atoms with van der Waals surface area (Å²) >= 11 is 0. The van der Waals surface area contributed by atoms with Crippen LogP contribution in [0.15, 0.2) is 6.20 Å². The molecule has 0 aliphatic carbocycles. The minimum absolute atomic E-state index is 0.113. The molecule has 0 aromatic carbocycles. The number of carbonyl (C=O) groups excluding carboxylic acids is 3. The van der Waals surface area contributed by atoms with E-state index in [-0.39, 0.29) is 13.0 Å². The predicted molar refractivity (Wildman–Crippen MR) is 77.6 cm³/mol. The van der Waals surface area contributed by atoms with Gasteiger partial charge in [-0.1, -0.05) is 0 Å². The SMILES string of the molecule is CCOC(=O)c1cnc(N(C)C2(C)CC(=O)NC2=O)nc1C(F)(F)F. The van der Waals surface area contributed by atoms with E-state index in [2.05, 4.69) is 20.0 Å². The monoisotopic (exact) mass is 360 g/mol. The number of hydrogen-bond acceptors (Lipinski definition) is 7. The Balaban J connectivity index is 2.48. The molecule has 0 spiro atoms. The van der Waals surface area contributed by atoms with Gasteiger partial charge in [-0.05, 0) is 13.8 Å². The van der Waals surface area contributed by atoms with Gasteiger partial charge in [-0.3, -0.25) is 14.9 Å². The number of anilines is 1. The van der Waals surface area contributed by atoms with Gasteiger partial charge in [0.15, 0.2) is 5.69 Å². The van der Waals surface area contributed by atoms with Crippen molar-refractivity contribution in [3.63, 3.8) is 0 Å². The Morgan fingerprint density at radius 1 is 1.44 bits per heavy atom. The quantitative estimate of drug-likeness (QED) is 0.629. The summed E-state index contributed by atoms with van der Waals surface area (Å²) < 4.78 is 44.3. The third-order valence-electron chi connectivity index (χ3n) is 3.83. The molecule has 0 radical (unpaired) electrons. The minimum atomic E-state index is -4.94. The minimum Gasteiger partial charge on any atom is -0.462 e. The van der Waals surface area contributed by atoms with Crippen LogP contribution in [0.3, 0.4) is 0 Å².